The Morgan fingerprint density at radius 3 is 2.76 bits per heavy atom. The summed E-state index contributed by atoms with van der Waals surface area (Å²) in [6, 6.07) is -0.181. The predicted molar refractivity (Wildman–Crippen MR) is 82.3 cm³/mol. The molecule has 1 aromatic heterocycles. The minimum absolute atomic E-state index is 0.0220. The van der Waals surface area contributed by atoms with Crippen LogP contribution >= 0.6 is 0 Å². The van der Waals surface area contributed by atoms with Crippen LogP contribution < -0.4 is 5.32 Å². The fourth-order valence-electron chi connectivity index (χ4n) is 2.76. The largest absolute Gasteiger partial charge is 0.394 e. The molecule has 2 N–H and O–H groups in total. The molecule has 1 aromatic rings. The number of hydrogen-bond acceptors (Lipinski definition) is 3. The summed E-state index contributed by atoms with van der Waals surface area (Å²) < 4.78 is 1.98. The Morgan fingerprint density at radius 1 is 1.52 bits per heavy atom. The number of rotatable bonds is 8. The summed E-state index contributed by atoms with van der Waals surface area (Å²) in [5.74, 6) is 0.824. The molecule has 1 aliphatic rings. The SMILES string of the molecule is CCCn1ncc(C(=O)NC(CO)CC(C)C)c1C1CC1. The van der Waals surface area contributed by atoms with Crippen molar-refractivity contribution in [2.75, 3.05) is 6.61 Å². The topological polar surface area (TPSA) is 67.2 Å². The number of hydrogen-bond donors (Lipinski definition) is 2. The maximum absolute atomic E-state index is 12.5. The fraction of sp³-hybridized carbons (Fsp3) is 0.750. The molecule has 5 nitrogen and oxygen atoms in total. The van der Waals surface area contributed by atoms with E-state index in [2.05, 4.69) is 31.2 Å². The van der Waals surface area contributed by atoms with Gasteiger partial charge in [-0.15, -0.1) is 0 Å². The van der Waals surface area contributed by atoms with Gasteiger partial charge in [-0.05, 0) is 31.6 Å². The molecule has 21 heavy (non-hydrogen) atoms. The highest BCUT2D eigenvalue weighted by atomic mass is 16.3. The molecule has 2 rings (SSSR count). The molecule has 1 saturated carbocycles. The molecule has 118 valence electrons. The van der Waals surface area contributed by atoms with Gasteiger partial charge in [0.15, 0.2) is 0 Å². The first-order chi connectivity index (χ1) is 10.1. The zero-order chi connectivity index (χ0) is 15.4. The second-order valence-electron chi connectivity index (χ2n) is 6.42. The summed E-state index contributed by atoms with van der Waals surface area (Å²) in [5.41, 5.74) is 1.77. The fourth-order valence-corrected chi connectivity index (χ4v) is 2.76. The summed E-state index contributed by atoms with van der Waals surface area (Å²) in [4.78, 5) is 12.5. The molecular formula is C16H27N3O2. The molecule has 0 spiro atoms. The van der Waals surface area contributed by atoms with Gasteiger partial charge in [0.2, 0.25) is 0 Å². The number of amides is 1. The third-order valence-electron chi connectivity index (χ3n) is 3.84. The number of nitrogens with one attached hydrogen (secondary N) is 1. The average molecular weight is 293 g/mol. The summed E-state index contributed by atoms with van der Waals surface area (Å²) in [6.45, 7) is 7.12. The maximum atomic E-state index is 12.5. The first-order valence-corrected chi connectivity index (χ1v) is 8.04. The Kier molecular flexibility index (Phi) is 5.39. The van der Waals surface area contributed by atoms with Crippen molar-refractivity contribution >= 4 is 5.91 Å². The van der Waals surface area contributed by atoms with E-state index in [1.165, 1.54) is 0 Å². The van der Waals surface area contributed by atoms with E-state index in [4.69, 9.17) is 0 Å². The molecular weight excluding hydrogens is 266 g/mol. The number of aliphatic hydroxyl groups is 1. The normalized spacial score (nSPS) is 16.2. The van der Waals surface area contributed by atoms with Crippen LogP contribution in [0.15, 0.2) is 6.20 Å². The van der Waals surface area contributed by atoms with Crippen molar-refractivity contribution in [1.82, 2.24) is 15.1 Å². The van der Waals surface area contributed by atoms with Gasteiger partial charge in [-0.2, -0.15) is 5.10 Å². The van der Waals surface area contributed by atoms with Crippen molar-refractivity contribution in [3.63, 3.8) is 0 Å². The van der Waals surface area contributed by atoms with E-state index in [1.54, 1.807) is 6.20 Å². The van der Waals surface area contributed by atoms with Crippen molar-refractivity contribution in [2.24, 2.45) is 5.92 Å². The van der Waals surface area contributed by atoms with Crippen LogP contribution in [-0.2, 0) is 6.54 Å². The molecule has 5 heteroatoms. The zero-order valence-corrected chi connectivity index (χ0v) is 13.3. The quantitative estimate of drug-likeness (QED) is 0.773. The molecule has 1 amide bonds. The molecule has 1 atom stereocenters. The van der Waals surface area contributed by atoms with Crippen molar-refractivity contribution < 1.29 is 9.90 Å². The molecule has 1 fully saturated rings. The third-order valence-corrected chi connectivity index (χ3v) is 3.84. The minimum Gasteiger partial charge on any atom is -0.394 e. The maximum Gasteiger partial charge on any atom is 0.255 e. The van der Waals surface area contributed by atoms with Crippen LogP contribution in [0.25, 0.3) is 0 Å². The van der Waals surface area contributed by atoms with Gasteiger partial charge in [0, 0.05) is 12.5 Å². The summed E-state index contributed by atoms with van der Waals surface area (Å²) in [5, 5.41) is 16.7. The first kappa shape index (κ1) is 16.0. The lowest BCUT2D eigenvalue weighted by Crippen LogP contribution is -2.38. The Hall–Kier alpha value is -1.36. The lowest BCUT2D eigenvalue weighted by molar-refractivity contribution is 0.0907. The second-order valence-corrected chi connectivity index (χ2v) is 6.42. The van der Waals surface area contributed by atoms with Crippen molar-refractivity contribution in [1.29, 1.82) is 0 Å². The van der Waals surface area contributed by atoms with E-state index < -0.39 is 0 Å². The monoisotopic (exact) mass is 293 g/mol. The zero-order valence-electron chi connectivity index (χ0n) is 13.3. The number of aryl methyl sites for hydroxylation is 1. The van der Waals surface area contributed by atoms with Gasteiger partial charge in [-0.25, -0.2) is 0 Å². The van der Waals surface area contributed by atoms with Gasteiger partial charge in [0.1, 0.15) is 0 Å². The van der Waals surface area contributed by atoms with E-state index in [-0.39, 0.29) is 18.6 Å². The minimum atomic E-state index is -0.181. The standard InChI is InChI=1S/C16H27N3O2/c1-4-7-19-15(12-5-6-12)14(9-17-19)16(21)18-13(10-20)8-11(2)3/h9,11-13,20H,4-8,10H2,1-3H3,(H,18,21). The van der Waals surface area contributed by atoms with Crippen LogP contribution in [-0.4, -0.2) is 33.4 Å². The first-order valence-electron chi connectivity index (χ1n) is 8.04. The van der Waals surface area contributed by atoms with Gasteiger partial charge in [-0.3, -0.25) is 9.48 Å². The molecule has 0 aliphatic heterocycles. The van der Waals surface area contributed by atoms with Gasteiger partial charge < -0.3 is 10.4 Å². The van der Waals surface area contributed by atoms with Crippen LogP contribution in [0.4, 0.5) is 0 Å². The van der Waals surface area contributed by atoms with E-state index in [0.717, 1.165) is 37.9 Å². The highest BCUT2D eigenvalue weighted by Crippen LogP contribution is 2.41. The number of carbonyl (C=O) groups is 1. The van der Waals surface area contributed by atoms with Crippen LogP contribution in [0.3, 0.4) is 0 Å². The van der Waals surface area contributed by atoms with Gasteiger partial charge >= 0.3 is 0 Å². The smallest absolute Gasteiger partial charge is 0.255 e. The van der Waals surface area contributed by atoms with Gasteiger partial charge in [-0.1, -0.05) is 20.8 Å². The van der Waals surface area contributed by atoms with Crippen molar-refractivity contribution in [3.05, 3.63) is 17.5 Å². The molecule has 0 saturated heterocycles. The Balaban J connectivity index is 2.11. The van der Waals surface area contributed by atoms with Crippen LogP contribution in [0.1, 0.15) is 68.4 Å². The van der Waals surface area contributed by atoms with E-state index >= 15 is 0 Å². The highest BCUT2D eigenvalue weighted by molar-refractivity contribution is 5.95. The van der Waals surface area contributed by atoms with E-state index in [0.29, 0.717) is 17.4 Å². The number of aliphatic hydroxyl groups excluding tert-OH is 1. The number of nitrogens with zero attached hydrogens (tertiary/aromatic N) is 2. The molecule has 0 radical (unpaired) electrons. The molecule has 0 bridgehead atoms. The summed E-state index contributed by atoms with van der Waals surface area (Å²) in [6.07, 6.45) is 5.76. The average Bonchev–Trinajstić information content (AvgIpc) is 3.19. The van der Waals surface area contributed by atoms with E-state index in [1.807, 2.05) is 4.68 Å². The molecule has 1 unspecified atom stereocenters. The predicted octanol–water partition coefficient (Wildman–Crippen LogP) is 2.31. The Labute approximate surface area is 126 Å². The van der Waals surface area contributed by atoms with Gasteiger partial charge in [0.25, 0.3) is 5.91 Å². The third kappa shape index (κ3) is 4.06. The lowest BCUT2D eigenvalue weighted by Gasteiger charge is -2.18. The van der Waals surface area contributed by atoms with Crippen LogP contribution in [0.2, 0.25) is 0 Å². The van der Waals surface area contributed by atoms with Crippen molar-refractivity contribution in [3.8, 4) is 0 Å². The Bertz CT molecular complexity index is 478. The number of aromatic nitrogens is 2. The molecule has 1 aliphatic carbocycles. The molecule has 0 aromatic carbocycles. The molecule has 1 heterocycles. The number of carbonyl (C=O) groups excluding carboxylic acids is 1. The van der Waals surface area contributed by atoms with Crippen LogP contribution in [0, 0.1) is 5.92 Å². The van der Waals surface area contributed by atoms with Crippen LogP contribution in [0.5, 0.6) is 0 Å². The van der Waals surface area contributed by atoms with E-state index in [9.17, 15) is 9.90 Å². The summed E-state index contributed by atoms with van der Waals surface area (Å²) in [7, 11) is 0. The Morgan fingerprint density at radius 2 is 2.24 bits per heavy atom. The highest BCUT2D eigenvalue weighted by Gasteiger charge is 2.32. The van der Waals surface area contributed by atoms with Crippen molar-refractivity contribution in [2.45, 2.75) is 65.0 Å². The summed E-state index contributed by atoms with van der Waals surface area (Å²) >= 11 is 0. The second kappa shape index (κ2) is 7.07. The van der Waals surface area contributed by atoms with Gasteiger partial charge in [0.05, 0.1) is 30.1 Å². The lowest BCUT2D eigenvalue weighted by atomic mass is 10.0.